The zero-order chi connectivity index (χ0) is 20.6. The van der Waals surface area contributed by atoms with Crippen LogP contribution in [0.1, 0.15) is 12.6 Å². The summed E-state index contributed by atoms with van der Waals surface area (Å²) in [5.74, 6) is 0.182. The number of hydrogen-bond acceptors (Lipinski definition) is 9. The number of aromatic nitrogens is 4. The summed E-state index contributed by atoms with van der Waals surface area (Å²) < 4.78 is 24.8. The van der Waals surface area contributed by atoms with Crippen LogP contribution in [-0.2, 0) is 30.1 Å². The highest BCUT2D eigenvalue weighted by Gasteiger charge is 2.45. The normalized spacial score (nSPS) is 29.4. The fourth-order valence-electron chi connectivity index (χ4n) is 3.06. The van der Waals surface area contributed by atoms with Crippen molar-refractivity contribution in [1.82, 2.24) is 24.4 Å². The number of H-pyrrole nitrogens is 1. The SMILES string of the molecule is C=CCOP1(=S)OC[C@H]2O[C@@H](n3cnc4c(=O)[nH]c(/N=C/N(C)C)nc43)CC2O1. The average Bonchev–Trinajstić information content (AvgIpc) is 3.28. The molecule has 2 aliphatic rings. The largest absolute Gasteiger partial charge is 0.369 e. The third-order valence-electron chi connectivity index (χ3n) is 4.33. The molecular formula is C16H21N6O5PS. The van der Waals surface area contributed by atoms with Crippen molar-refractivity contribution in [2.75, 3.05) is 27.3 Å². The van der Waals surface area contributed by atoms with Crippen LogP contribution in [0.4, 0.5) is 5.95 Å². The van der Waals surface area contributed by atoms with Gasteiger partial charge >= 0.3 is 6.72 Å². The zero-order valence-electron chi connectivity index (χ0n) is 15.9. The van der Waals surface area contributed by atoms with Crippen LogP contribution in [0.15, 0.2) is 28.8 Å². The van der Waals surface area contributed by atoms with Crippen molar-refractivity contribution < 1.29 is 18.3 Å². The highest BCUT2D eigenvalue weighted by atomic mass is 32.5. The van der Waals surface area contributed by atoms with Crippen LogP contribution in [-0.4, -0.2) is 70.3 Å². The molecule has 156 valence electrons. The monoisotopic (exact) mass is 440 g/mol. The predicted octanol–water partition coefficient (Wildman–Crippen LogP) is 1.47. The number of fused-ring (bicyclic) bond motifs is 2. The lowest BCUT2D eigenvalue weighted by molar-refractivity contribution is -0.0603. The fourth-order valence-corrected chi connectivity index (χ4v) is 5.13. The molecule has 0 spiro atoms. The van der Waals surface area contributed by atoms with Gasteiger partial charge in [0.25, 0.3) is 5.56 Å². The summed E-state index contributed by atoms with van der Waals surface area (Å²) in [5.41, 5.74) is 0.221. The van der Waals surface area contributed by atoms with Crippen LogP contribution in [0.5, 0.6) is 0 Å². The second kappa shape index (κ2) is 8.05. The van der Waals surface area contributed by atoms with Gasteiger partial charge in [-0.05, 0) is 11.8 Å². The Morgan fingerprint density at radius 1 is 1.55 bits per heavy atom. The summed E-state index contributed by atoms with van der Waals surface area (Å²) >= 11 is 5.39. The van der Waals surface area contributed by atoms with E-state index >= 15 is 0 Å². The number of rotatable bonds is 6. The number of nitrogens with one attached hydrogen (secondary N) is 1. The van der Waals surface area contributed by atoms with Crippen molar-refractivity contribution in [3.05, 3.63) is 29.3 Å². The Balaban J connectivity index is 1.59. The molecule has 4 rings (SSSR count). The smallest absolute Gasteiger partial charge is 0.327 e. The summed E-state index contributed by atoms with van der Waals surface area (Å²) in [4.78, 5) is 29.4. The lowest BCUT2D eigenvalue weighted by Crippen LogP contribution is -2.33. The molecule has 1 N–H and O–H groups in total. The van der Waals surface area contributed by atoms with E-state index in [4.69, 9.17) is 30.1 Å². The van der Waals surface area contributed by atoms with Gasteiger partial charge in [-0.25, -0.2) is 9.98 Å². The summed E-state index contributed by atoms with van der Waals surface area (Å²) in [6, 6.07) is 0. The molecule has 0 aromatic carbocycles. The van der Waals surface area contributed by atoms with Crippen LogP contribution in [0.2, 0.25) is 0 Å². The molecule has 29 heavy (non-hydrogen) atoms. The Labute approximate surface area is 171 Å². The zero-order valence-corrected chi connectivity index (χ0v) is 17.6. The summed E-state index contributed by atoms with van der Waals surface area (Å²) in [7, 11) is 3.64. The van der Waals surface area contributed by atoms with Gasteiger partial charge in [-0.3, -0.25) is 14.3 Å². The predicted molar refractivity (Wildman–Crippen MR) is 110 cm³/mol. The molecule has 0 bridgehead atoms. The van der Waals surface area contributed by atoms with Crippen molar-refractivity contribution in [2.24, 2.45) is 4.99 Å². The number of aliphatic imine (C=N–C) groups is 1. The molecule has 0 saturated carbocycles. The van der Waals surface area contributed by atoms with E-state index in [1.165, 1.54) is 6.33 Å². The van der Waals surface area contributed by atoms with E-state index in [1.54, 1.807) is 21.9 Å². The Bertz CT molecular complexity index is 1050. The molecule has 2 aliphatic heterocycles. The Kier molecular flexibility index (Phi) is 5.65. The lowest BCUT2D eigenvalue weighted by Gasteiger charge is -2.32. The van der Waals surface area contributed by atoms with Crippen molar-refractivity contribution in [2.45, 2.75) is 24.9 Å². The van der Waals surface area contributed by atoms with E-state index in [0.29, 0.717) is 12.1 Å². The molecule has 2 saturated heterocycles. The standard InChI is InChI=1S/C16H21N6O5PS/c1-4-5-24-28(29)25-7-11-10(27-28)6-12(26-11)22-9-17-13-14(22)19-16(20-15(13)23)18-8-21(2)3/h4,8-12H,1,5-7H2,2-3H3,(H,19,20,23)/b18-8+/t10?,11-,12-,28?/m1/s1. The van der Waals surface area contributed by atoms with Gasteiger partial charge in [-0.2, -0.15) is 4.98 Å². The molecule has 0 aliphatic carbocycles. The van der Waals surface area contributed by atoms with Crippen LogP contribution in [0.25, 0.3) is 11.2 Å². The first-order valence-electron chi connectivity index (χ1n) is 8.90. The third kappa shape index (κ3) is 4.18. The second-order valence-corrected chi connectivity index (χ2v) is 9.72. The summed E-state index contributed by atoms with van der Waals surface area (Å²) in [5, 5.41) is 0. The summed E-state index contributed by atoms with van der Waals surface area (Å²) in [6.07, 6.45) is 4.16. The molecule has 13 heteroatoms. The number of ether oxygens (including phenoxy) is 1. The van der Waals surface area contributed by atoms with Gasteiger partial charge < -0.3 is 23.2 Å². The molecule has 2 aromatic rings. The average molecular weight is 440 g/mol. The van der Waals surface area contributed by atoms with Crippen LogP contribution in [0.3, 0.4) is 0 Å². The molecule has 2 aromatic heterocycles. The third-order valence-corrected chi connectivity index (χ3v) is 6.68. The fraction of sp³-hybridized carbons (Fsp3) is 0.500. The quantitative estimate of drug-likeness (QED) is 0.308. The topological polar surface area (TPSA) is 116 Å². The van der Waals surface area contributed by atoms with Gasteiger partial charge in [0, 0.05) is 20.5 Å². The number of imidazole rings is 1. The first-order valence-corrected chi connectivity index (χ1v) is 11.5. The minimum Gasteiger partial charge on any atom is -0.369 e. The number of aromatic amines is 1. The van der Waals surface area contributed by atoms with Gasteiger partial charge in [-0.1, -0.05) is 6.08 Å². The minimum absolute atomic E-state index is 0.182. The van der Waals surface area contributed by atoms with Crippen molar-refractivity contribution >= 4 is 42.0 Å². The Hall–Kier alpha value is -1.95. The van der Waals surface area contributed by atoms with Crippen molar-refractivity contribution in [3.63, 3.8) is 0 Å². The van der Waals surface area contributed by atoms with Crippen LogP contribution in [0, 0.1) is 0 Å². The first-order chi connectivity index (χ1) is 13.9. The maximum absolute atomic E-state index is 12.3. The Morgan fingerprint density at radius 2 is 2.38 bits per heavy atom. The van der Waals surface area contributed by atoms with Crippen molar-refractivity contribution in [3.8, 4) is 0 Å². The molecule has 2 unspecified atom stereocenters. The van der Waals surface area contributed by atoms with Crippen LogP contribution < -0.4 is 5.56 Å². The van der Waals surface area contributed by atoms with Gasteiger partial charge in [0.1, 0.15) is 12.3 Å². The lowest BCUT2D eigenvalue weighted by atomic mass is 10.2. The van der Waals surface area contributed by atoms with Crippen molar-refractivity contribution in [1.29, 1.82) is 0 Å². The molecule has 4 heterocycles. The molecular weight excluding hydrogens is 419 g/mol. The maximum atomic E-state index is 12.3. The minimum atomic E-state index is -2.82. The maximum Gasteiger partial charge on any atom is 0.327 e. The van der Waals surface area contributed by atoms with E-state index in [9.17, 15) is 4.79 Å². The highest BCUT2D eigenvalue weighted by Crippen LogP contribution is 2.56. The molecule has 0 radical (unpaired) electrons. The molecule has 4 atom stereocenters. The molecule has 2 fully saturated rings. The second-order valence-electron chi connectivity index (χ2n) is 6.76. The first kappa shape index (κ1) is 20.3. The van der Waals surface area contributed by atoms with Gasteiger partial charge in [0.05, 0.1) is 32.0 Å². The number of hydrogen-bond donors (Lipinski definition) is 1. The summed E-state index contributed by atoms with van der Waals surface area (Å²) in [6.45, 7) is 1.31. The Morgan fingerprint density at radius 3 is 3.14 bits per heavy atom. The van der Waals surface area contributed by atoms with E-state index < -0.39 is 12.9 Å². The number of nitrogens with zero attached hydrogens (tertiary/aromatic N) is 5. The van der Waals surface area contributed by atoms with Gasteiger partial charge in [0.2, 0.25) is 5.95 Å². The van der Waals surface area contributed by atoms with E-state index in [0.717, 1.165) is 0 Å². The van der Waals surface area contributed by atoms with Gasteiger partial charge in [0.15, 0.2) is 11.2 Å². The molecule has 11 nitrogen and oxygen atoms in total. The molecule has 0 amide bonds. The van der Waals surface area contributed by atoms with E-state index in [1.807, 2.05) is 14.1 Å². The highest BCUT2D eigenvalue weighted by molar-refractivity contribution is 8.07. The van der Waals surface area contributed by atoms with Gasteiger partial charge in [-0.15, -0.1) is 6.58 Å². The van der Waals surface area contributed by atoms with E-state index in [2.05, 4.69) is 26.5 Å². The van der Waals surface area contributed by atoms with Crippen LogP contribution >= 0.6 is 6.72 Å². The van der Waals surface area contributed by atoms with E-state index in [-0.39, 0.29) is 42.4 Å².